The van der Waals surface area contributed by atoms with Crippen molar-refractivity contribution in [2.45, 2.75) is 58.3 Å². The zero-order valence-corrected chi connectivity index (χ0v) is 15.9. The Labute approximate surface area is 152 Å². The van der Waals surface area contributed by atoms with E-state index >= 15 is 0 Å². The summed E-state index contributed by atoms with van der Waals surface area (Å²) in [6.45, 7) is 2.25. The van der Waals surface area contributed by atoms with Crippen LogP contribution in [-0.4, -0.2) is 11.1 Å². The summed E-state index contributed by atoms with van der Waals surface area (Å²) >= 11 is 2.40. The molecule has 0 aliphatic carbocycles. The fourth-order valence-corrected chi connectivity index (χ4v) is 3.88. The number of carbonyl (C=O) groups is 1. The number of carboxylic acid groups (broad SMARTS) is 1. The van der Waals surface area contributed by atoms with Crippen molar-refractivity contribution in [1.29, 1.82) is 0 Å². The highest BCUT2D eigenvalue weighted by Gasteiger charge is 2.08. The van der Waals surface area contributed by atoms with E-state index in [1.807, 2.05) is 6.07 Å². The minimum absolute atomic E-state index is 0.355. The lowest BCUT2D eigenvalue weighted by Gasteiger charge is -2.09. The number of hydrogen-bond acceptors (Lipinski definition) is 1. The van der Waals surface area contributed by atoms with Crippen LogP contribution in [0.2, 0.25) is 0 Å². The second-order valence-corrected chi connectivity index (χ2v) is 7.23. The van der Waals surface area contributed by atoms with Crippen LogP contribution in [0.1, 0.15) is 67.8 Å². The van der Waals surface area contributed by atoms with Crippen LogP contribution in [0.3, 0.4) is 0 Å². The molecular formula is C20H25IO2. The SMILES string of the molecule is CCCCCCCCCc1ccc2cc(C(=O)O)ccc2c1I. The number of hydrogen-bond donors (Lipinski definition) is 1. The zero-order chi connectivity index (χ0) is 16.7. The van der Waals surface area contributed by atoms with Gasteiger partial charge in [0.2, 0.25) is 0 Å². The average molecular weight is 424 g/mol. The molecule has 2 rings (SSSR count). The summed E-state index contributed by atoms with van der Waals surface area (Å²) in [5, 5.41) is 11.3. The van der Waals surface area contributed by atoms with Gasteiger partial charge in [-0.2, -0.15) is 0 Å². The number of halogens is 1. The third kappa shape index (κ3) is 5.20. The Bertz CT molecular complexity index is 664. The standard InChI is InChI=1S/C20H25IO2/c1-2-3-4-5-6-7-8-9-15-10-11-16-14-17(20(22)23)12-13-18(16)19(15)21/h10-14H,2-9H2,1H3,(H,22,23). The van der Waals surface area contributed by atoms with E-state index in [9.17, 15) is 4.79 Å². The molecule has 0 aromatic heterocycles. The van der Waals surface area contributed by atoms with Gasteiger partial charge in [-0.05, 0) is 63.9 Å². The van der Waals surface area contributed by atoms with Crippen LogP contribution in [0.15, 0.2) is 30.3 Å². The third-order valence-corrected chi connectivity index (χ3v) is 5.60. The molecule has 0 radical (unpaired) electrons. The Morgan fingerprint density at radius 1 is 1.00 bits per heavy atom. The molecule has 0 atom stereocenters. The Morgan fingerprint density at radius 2 is 1.70 bits per heavy atom. The molecule has 3 heteroatoms. The van der Waals surface area contributed by atoms with E-state index < -0.39 is 5.97 Å². The highest BCUT2D eigenvalue weighted by molar-refractivity contribution is 14.1. The van der Waals surface area contributed by atoms with Gasteiger partial charge in [0.05, 0.1) is 5.56 Å². The minimum atomic E-state index is -0.867. The fraction of sp³-hybridized carbons (Fsp3) is 0.450. The van der Waals surface area contributed by atoms with Crippen molar-refractivity contribution in [2.24, 2.45) is 0 Å². The van der Waals surface area contributed by atoms with E-state index in [1.165, 1.54) is 54.1 Å². The van der Waals surface area contributed by atoms with Gasteiger partial charge in [0.1, 0.15) is 0 Å². The molecule has 0 bridgehead atoms. The van der Waals surface area contributed by atoms with Crippen LogP contribution in [0.5, 0.6) is 0 Å². The van der Waals surface area contributed by atoms with Crippen LogP contribution in [0, 0.1) is 3.57 Å². The lowest BCUT2D eigenvalue weighted by molar-refractivity contribution is 0.0697. The summed E-state index contributed by atoms with van der Waals surface area (Å²) in [6.07, 6.45) is 10.4. The first-order valence-corrected chi connectivity index (χ1v) is 9.65. The highest BCUT2D eigenvalue weighted by atomic mass is 127. The number of rotatable bonds is 9. The molecule has 0 fully saturated rings. The molecule has 0 aliphatic heterocycles. The molecule has 0 amide bonds. The quantitative estimate of drug-likeness (QED) is 0.372. The topological polar surface area (TPSA) is 37.3 Å². The maximum atomic E-state index is 11.1. The molecule has 124 valence electrons. The highest BCUT2D eigenvalue weighted by Crippen LogP contribution is 2.26. The van der Waals surface area contributed by atoms with Crippen LogP contribution < -0.4 is 0 Å². The van der Waals surface area contributed by atoms with E-state index in [0.29, 0.717) is 5.56 Å². The van der Waals surface area contributed by atoms with E-state index in [1.54, 1.807) is 12.1 Å². The maximum absolute atomic E-state index is 11.1. The summed E-state index contributed by atoms with van der Waals surface area (Å²) in [6, 6.07) is 9.61. The average Bonchev–Trinajstić information content (AvgIpc) is 2.55. The third-order valence-electron chi connectivity index (χ3n) is 4.33. The van der Waals surface area contributed by atoms with Crippen molar-refractivity contribution in [1.82, 2.24) is 0 Å². The fourth-order valence-electron chi connectivity index (χ4n) is 2.94. The van der Waals surface area contributed by atoms with Gasteiger partial charge < -0.3 is 5.11 Å². The van der Waals surface area contributed by atoms with Crippen LogP contribution >= 0.6 is 22.6 Å². The Hall–Kier alpha value is -1.10. The first-order valence-electron chi connectivity index (χ1n) is 8.58. The number of aryl methyl sites for hydroxylation is 1. The molecule has 2 nitrogen and oxygen atoms in total. The molecule has 2 aromatic rings. The largest absolute Gasteiger partial charge is 0.478 e. The van der Waals surface area contributed by atoms with Gasteiger partial charge in [0.25, 0.3) is 0 Å². The molecule has 23 heavy (non-hydrogen) atoms. The lowest BCUT2D eigenvalue weighted by Crippen LogP contribution is -1.97. The van der Waals surface area contributed by atoms with Crippen molar-refractivity contribution < 1.29 is 9.90 Å². The Balaban J connectivity index is 1.95. The number of fused-ring (bicyclic) bond motifs is 1. The Morgan fingerprint density at radius 3 is 2.39 bits per heavy atom. The summed E-state index contributed by atoms with van der Waals surface area (Å²) in [7, 11) is 0. The maximum Gasteiger partial charge on any atom is 0.335 e. The lowest BCUT2D eigenvalue weighted by atomic mass is 10.0. The normalized spacial score (nSPS) is 11.0. The summed E-state index contributed by atoms with van der Waals surface area (Å²) in [5.41, 5.74) is 1.74. The number of benzene rings is 2. The predicted molar refractivity (Wildman–Crippen MR) is 105 cm³/mol. The van der Waals surface area contributed by atoms with Crippen LogP contribution in [0.4, 0.5) is 0 Å². The van der Waals surface area contributed by atoms with Gasteiger partial charge in [-0.25, -0.2) is 4.79 Å². The van der Waals surface area contributed by atoms with E-state index in [4.69, 9.17) is 5.11 Å². The van der Waals surface area contributed by atoms with Crippen molar-refractivity contribution >= 4 is 39.3 Å². The second kappa shape index (κ2) is 9.26. The molecule has 0 heterocycles. The van der Waals surface area contributed by atoms with Crippen molar-refractivity contribution in [3.63, 3.8) is 0 Å². The van der Waals surface area contributed by atoms with Crippen LogP contribution in [-0.2, 0) is 6.42 Å². The van der Waals surface area contributed by atoms with Crippen molar-refractivity contribution in [2.75, 3.05) is 0 Å². The monoisotopic (exact) mass is 424 g/mol. The van der Waals surface area contributed by atoms with Gasteiger partial charge in [0.15, 0.2) is 0 Å². The summed E-state index contributed by atoms with van der Waals surface area (Å²) < 4.78 is 1.27. The number of unbranched alkanes of at least 4 members (excludes halogenated alkanes) is 6. The summed E-state index contributed by atoms with van der Waals surface area (Å²) in [5.74, 6) is -0.867. The first-order chi connectivity index (χ1) is 11.1. The second-order valence-electron chi connectivity index (χ2n) is 6.15. The van der Waals surface area contributed by atoms with Crippen LogP contribution in [0.25, 0.3) is 10.8 Å². The smallest absolute Gasteiger partial charge is 0.335 e. The molecule has 0 aliphatic rings. The minimum Gasteiger partial charge on any atom is -0.478 e. The van der Waals surface area contributed by atoms with Gasteiger partial charge >= 0.3 is 5.97 Å². The molecule has 2 aromatic carbocycles. The number of aromatic carboxylic acids is 1. The molecule has 1 N–H and O–H groups in total. The molecule has 0 spiro atoms. The molecular weight excluding hydrogens is 399 g/mol. The molecule has 0 unspecified atom stereocenters. The van der Waals surface area contributed by atoms with Crippen molar-refractivity contribution in [3.05, 3.63) is 45.0 Å². The number of carboxylic acids is 1. The van der Waals surface area contributed by atoms with E-state index in [0.717, 1.165) is 17.2 Å². The molecule has 0 saturated carbocycles. The van der Waals surface area contributed by atoms with Gasteiger partial charge in [-0.15, -0.1) is 0 Å². The molecule has 0 saturated heterocycles. The van der Waals surface area contributed by atoms with Gasteiger partial charge in [-0.1, -0.05) is 63.6 Å². The van der Waals surface area contributed by atoms with Gasteiger partial charge in [-0.3, -0.25) is 0 Å². The van der Waals surface area contributed by atoms with E-state index in [-0.39, 0.29) is 0 Å². The van der Waals surface area contributed by atoms with E-state index in [2.05, 4.69) is 41.6 Å². The van der Waals surface area contributed by atoms with Crippen molar-refractivity contribution in [3.8, 4) is 0 Å². The first kappa shape index (κ1) is 18.2. The van der Waals surface area contributed by atoms with Gasteiger partial charge in [0, 0.05) is 3.57 Å². The Kier molecular flexibility index (Phi) is 7.34. The summed E-state index contributed by atoms with van der Waals surface area (Å²) in [4.78, 5) is 11.1. The predicted octanol–water partition coefficient (Wildman–Crippen LogP) is 6.44. The zero-order valence-electron chi connectivity index (χ0n) is 13.8.